The van der Waals surface area contributed by atoms with E-state index in [1.54, 1.807) is 4.90 Å². The molecule has 2 N–H and O–H groups in total. The number of amides is 1. The van der Waals surface area contributed by atoms with Crippen LogP contribution in [0.25, 0.3) is 0 Å². The Morgan fingerprint density at radius 3 is 2.78 bits per heavy atom. The molecule has 2 aromatic rings. The maximum atomic E-state index is 13.7. The molecule has 1 aromatic carbocycles. The lowest BCUT2D eigenvalue weighted by atomic mass is 10.0. The van der Waals surface area contributed by atoms with Crippen molar-refractivity contribution in [2.24, 2.45) is 0 Å². The second-order valence-corrected chi connectivity index (χ2v) is 6.28. The number of ether oxygens (including phenoxy) is 1. The second kappa shape index (κ2) is 8.37. The number of rotatable bonds is 1. The van der Waals surface area contributed by atoms with Crippen LogP contribution >= 0.6 is 0 Å². The van der Waals surface area contributed by atoms with Gasteiger partial charge in [0.25, 0.3) is 0 Å². The summed E-state index contributed by atoms with van der Waals surface area (Å²) >= 11 is 0. The highest BCUT2D eigenvalue weighted by atomic mass is 19.1. The lowest BCUT2D eigenvalue weighted by Crippen LogP contribution is -2.38. The van der Waals surface area contributed by atoms with Crippen molar-refractivity contribution in [2.75, 3.05) is 18.8 Å². The monoisotopic (exact) mass is 365 g/mol. The topological polar surface area (TPSA) is 68.5 Å². The maximum absolute atomic E-state index is 13.7. The lowest BCUT2D eigenvalue weighted by Gasteiger charge is -2.27. The largest absolute Gasteiger partial charge is 0.415 e. The number of halogens is 1. The molecule has 5 nitrogen and oxygen atoms in total. The van der Waals surface area contributed by atoms with Crippen LogP contribution in [0.15, 0.2) is 48.0 Å². The summed E-state index contributed by atoms with van der Waals surface area (Å²) in [6, 6.07) is 9.69. The molecule has 1 fully saturated rings. The molecule has 1 saturated heterocycles. The average molecular weight is 365 g/mol. The quantitative estimate of drug-likeness (QED) is 0.618. The third kappa shape index (κ3) is 5.08. The predicted molar refractivity (Wildman–Crippen MR) is 102 cm³/mol. The fraction of sp³-hybridized carbons (Fsp3) is 0.238. The van der Waals surface area contributed by atoms with Gasteiger partial charge in [-0.3, -0.25) is 0 Å². The molecular formula is C21H20FN3O2. The molecule has 1 aliphatic rings. The number of aromatic nitrogens is 1. The van der Waals surface area contributed by atoms with Gasteiger partial charge in [0.1, 0.15) is 5.69 Å². The van der Waals surface area contributed by atoms with E-state index in [4.69, 9.17) is 10.5 Å². The van der Waals surface area contributed by atoms with Crippen molar-refractivity contribution < 1.29 is 13.9 Å². The number of benzene rings is 1. The number of aryl methyl sites for hydroxylation is 1. The van der Waals surface area contributed by atoms with Crippen LogP contribution in [0.3, 0.4) is 0 Å². The van der Waals surface area contributed by atoms with Gasteiger partial charge in [0.05, 0.1) is 0 Å². The fourth-order valence-electron chi connectivity index (χ4n) is 2.70. The van der Waals surface area contributed by atoms with Crippen LogP contribution in [-0.4, -0.2) is 29.1 Å². The number of nitrogen functional groups attached to an aromatic ring is 1. The molecule has 2 heterocycles. The number of pyridine rings is 1. The molecule has 0 bridgehead atoms. The standard InChI is InChI=1S/C21H20FN3O2/c1-15-4-2-6-18(24-15)7-3-5-16-10-12-25(13-11-16)21(26)27-20-9-8-17(23)14-19(20)22/h2,4-6,8-9,14H,10-13,23H2,1H3. The first-order valence-electron chi connectivity index (χ1n) is 8.66. The number of likely N-dealkylation sites (tertiary alicyclic amines) is 1. The van der Waals surface area contributed by atoms with E-state index in [0.29, 0.717) is 25.9 Å². The van der Waals surface area contributed by atoms with Crippen LogP contribution < -0.4 is 10.5 Å². The molecular weight excluding hydrogens is 345 g/mol. The van der Waals surface area contributed by atoms with Crippen LogP contribution in [0.1, 0.15) is 24.2 Å². The Morgan fingerprint density at radius 1 is 1.30 bits per heavy atom. The fourth-order valence-corrected chi connectivity index (χ4v) is 2.70. The van der Waals surface area contributed by atoms with Crippen molar-refractivity contribution in [3.05, 3.63) is 65.3 Å². The summed E-state index contributed by atoms with van der Waals surface area (Å²) in [7, 11) is 0. The van der Waals surface area contributed by atoms with E-state index in [0.717, 1.165) is 23.0 Å². The van der Waals surface area contributed by atoms with E-state index in [1.807, 2.05) is 31.2 Å². The number of nitrogens with two attached hydrogens (primary N) is 1. The summed E-state index contributed by atoms with van der Waals surface area (Å²) in [6.07, 6.45) is 2.73. The number of hydrogen-bond donors (Lipinski definition) is 1. The summed E-state index contributed by atoms with van der Waals surface area (Å²) in [5, 5.41) is 0. The molecule has 0 aliphatic carbocycles. The number of nitrogens with zero attached hydrogens (tertiary/aromatic N) is 2. The highest BCUT2D eigenvalue weighted by Gasteiger charge is 2.21. The van der Waals surface area contributed by atoms with E-state index < -0.39 is 11.9 Å². The second-order valence-electron chi connectivity index (χ2n) is 6.28. The van der Waals surface area contributed by atoms with Crippen molar-refractivity contribution in [2.45, 2.75) is 19.8 Å². The predicted octanol–water partition coefficient (Wildman–Crippen LogP) is 3.68. The SMILES string of the molecule is Cc1cccc(C#CC=C2CCN(C(=O)Oc3ccc(N)cc3F)CC2)n1. The maximum Gasteiger partial charge on any atom is 0.415 e. The Balaban J connectivity index is 1.54. The van der Waals surface area contributed by atoms with Crippen molar-refractivity contribution in [1.29, 1.82) is 0 Å². The Bertz CT molecular complexity index is 934. The molecule has 6 heteroatoms. The van der Waals surface area contributed by atoms with Gasteiger partial charge in [-0.05, 0) is 56.0 Å². The zero-order valence-corrected chi connectivity index (χ0v) is 15.0. The van der Waals surface area contributed by atoms with Gasteiger partial charge in [0.15, 0.2) is 11.6 Å². The molecule has 1 aromatic heterocycles. The van der Waals surface area contributed by atoms with Crippen LogP contribution in [0.5, 0.6) is 5.75 Å². The molecule has 138 valence electrons. The first-order chi connectivity index (χ1) is 13.0. The van der Waals surface area contributed by atoms with E-state index in [2.05, 4.69) is 16.8 Å². The molecule has 27 heavy (non-hydrogen) atoms. The molecule has 1 amide bonds. The highest BCUT2D eigenvalue weighted by Crippen LogP contribution is 2.22. The van der Waals surface area contributed by atoms with Gasteiger partial charge in [0, 0.05) is 30.5 Å². The Hall–Kier alpha value is -3.33. The van der Waals surface area contributed by atoms with Gasteiger partial charge in [0.2, 0.25) is 0 Å². The van der Waals surface area contributed by atoms with Crippen molar-refractivity contribution in [3.63, 3.8) is 0 Å². The van der Waals surface area contributed by atoms with Gasteiger partial charge in [-0.15, -0.1) is 0 Å². The summed E-state index contributed by atoms with van der Waals surface area (Å²) < 4.78 is 18.9. The van der Waals surface area contributed by atoms with Crippen LogP contribution in [0.4, 0.5) is 14.9 Å². The van der Waals surface area contributed by atoms with E-state index in [1.165, 1.54) is 12.1 Å². The molecule has 1 aliphatic heterocycles. The summed E-state index contributed by atoms with van der Waals surface area (Å²) in [5.41, 5.74) is 8.60. The molecule has 0 unspecified atom stereocenters. The number of hydrogen-bond acceptors (Lipinski definition) is 4. The van der Waals surface area contributed by atoms with Crippen molar-refractivity contribution in [3.8, 4) is 17.6 Å². The third-order valence-electron chi connectivity index (χ3n) is 4.18. The number of piperidine rings is 1. The molecule has 0 spiro atoms. The first-order valence-corrected chi connectivity index (χ1v) is 8.66. The number of anilines is 1. The highest BCUT2D eigenvalue weighted by molar-refractivity contribution is 5.71. The summed E-state index contributed by atoms with van der Waals surface area (Å²) in [4.78, 5) is 18.1. The van der Waals surface area contributed by atoms with E-state index >= 15 is 0 Å². The van der Waals surface area contributed by atoms with Crippen molar-refractivity contribution in [1.82, 2.24) is 9.88 Å². The summed E-state index contributed by atoms with van der Waals surface area (Å²) in [6.45, 7) is 2.94. The molecule has 0 atom stereocenters. The Morgan fingerprint density at radius 2 is 2.07 bits per heavy atom. The normalized spacial score (nSPS) is 13.6. The van der Waals surface area contributed by atoms with Crippen LogP contribution in [0.2, 0.25) is 0 Å². The van der Waals surface area contributed by atoms with Gasteiger partial charge < -0.3 is 15.4 Å². The lowest BCUT2D eigenvalue weighted by molar-refractivity contribution is 0.147. The number of allylic oxidation sites excluding steroid dienone is 1. The van der Waals surface area contributed by atoms with Gasteiger partial charge >= 0.3 is 6.09 Å². The molecule has 0 radical (unpaired) electrons. The minimum absolute atomic E-state index is 0.118. The van der Waals surface area contributed by atoms with Crippen LogP contribution in [0, 0.1) is 24.6 Å². The third-order valence-corrected chi connectivity index (χ3v) is 4.18. The molecule has 3 rings (SSSR count). The zero-order chi connectivity index (χ0) is 19.2. The smallest absolute Gasteiger partial charge is 0.407 e. The Kier molecular flexibility index (Phi) is 5.72. The Labute approximate surface area is 157 Å². The number of carbonyl (C=O) groups is 1. The summed E-state index contributed by atoms with van der Waals surface area (Å²) in [5.74, 6) is 5.27. The van der Waals surface area contributed by atoms with Crippen LogP contribution in [-0.2, 0) is 0 Å². The van der Waals surface area contributed by atoms with E-state index in [9.17, 15) is 9.18 Å². The van der Waals surface area contributed by atoms with E-state index in [-0.39, 0.29) is 11.4 Å². The molecule has 0 saturated carbocycles. The van der Waals surface area contributed by atoms with Gasteiger partial charge in [-0.1, -0.05) is 17.6 Å². The minimum atomic E-state index is -0.652. The minimum Gasteiger partial charge on any atom is -0.407 e. The van der Waals surface area contributed by atoms with Crippen molar-refractivity contribution >= 4 is 11.8 Å². The zero-order valence-electron chi connectivity index (χ0n) is 15.0. The average Bonchev–Trinajstić information content (AvgIpc) is 2.64. The van der Waals surface area contributed by atoms with Gasteiger partial charge in [-0.2, -0.15) is 0 Å². The first kappa shape index (κ1) is 18.5. The van der Waals surface area contributed by atoms with Gasteiger partial charge in [-0.25, -0.2) is 14.2 Å². The number of carbonyl (C=O) groups excluding carboxylic acids is 1.